The van der Waals surface area contributed by atoms with Crippen molar-refractivity contribution in [1.82, 2.24) is 19.7 Å². The van der Waals surface area contributed by atoms with E-state index in [1.165, 1.54) is 0 Å². The summed E-state index contributed by atoms with van der Waals surface area (Å²) in [6, 6.07) is 3.83. The first-order valence-corrected chi connectivity index (χ1v) is 8.50. The molecule has 0 unspecified atom stereocenters. The quantitative estimate of drug-likeness (QED) is 0.771. The number of hydrogen-bond donors (Lipinski definition) is 0. The lowest BCUT2D eigenvalue weighted by Crippen LogP contribution is -2.51. The molecule has 2 saturated heterocycles. The second kappa shape index (κ2) is 8.38. The Bertz CT molecular complexity index is 483. The van der Waals surface area contributed by atoms with Crippen LogP contribution in [-0.2, 0) is 16.0 Å². The highest BCUT2D eigenvalue weighted by atomic mass is 16.5. The number of carbonyl (C=O) groups is 1. The zero-order valence-corrected chi connectivity index (χ0v) is 13.7. The largest absolute Gasteiger partial charge is 0.379 e. The summed E-state index contributed by atoms with van der Waals surface area (Å²) >= 11 is 0. The third-order valence-electron chi connectivity index (χ3n) is 4.67. The van der Waals surface area contributed by atoms with Crippen LogP contribution in [0.1, 0.15) is 5.56 Å². The molecule has 1 aromatic rings. The van der Waals surface area contributed by atoms with Gasteiger partial charge in [-0.05, 0) is 17.7 Å². The van der Waals surface area contributed by atoms with Crippen LogP contribution in [0.2, 0.25) is 0 Å². The topological polar surface area (TPSA) is 48.9 Å². The minimum absolute atomic E-state index is 0.226. The highest BCUT2D eigenvalue weighted by Crippen LogP contribution is 2.07. The number of aromatic nitrogens is 1. The Balaban J connectivity index is 1.37. The number of ether oxygens (including phenoxy) is 1. The van der Waals surface area contributed by atoms with E-state index in [4.69, 9.17) is 4.74 Å². The molecule has 2 fully saturated rings. The van der Waals surface area contributed by atoms with Crippen LogP contribution in [0.4, 0.5) is 0 Å². The summed E-state index contributed by atoms with van der Waals surface area (Å²) in [5.74, 6) is 0.226. The summed E-state index contributed by atoms with van der Waals surface area (Å²) < 4.78 is 5.38. The van der Waals surface area contributed by atoms with Crippen molar-refractivity contribution in [2.24, 2.45) is 0 Å². The maximum Gasteiger partial charge on any atom is 0.227 e. The first kappa shape index (κ1) is 16.4. The number of piperazine rings is 1. The van der Waals surface area contributed by atoms with Crippen LogP contribution in [0.5, 0.6) is 0 Å². The van der Waals surface area contributed by atoms with E-state index >= 15 is 0 Å². The average Bonchev–Trinajstić information content (AvgIpc) is 2.62. The van der Waals surface area contributed by atoms with E-state index in [-0.39, 0.29) is 5.91 Å². The normalized spacial score (nSPS) is 20.6. The molecule has 0 aromatic carbocycles. The van der Waals surface area contributed by atoms with Gasteiger partial charge >= 0.3 is 0 Å². The fourth-order valence-corrected chi connectivity index (χ4v) is 3.12. The van der Waals surface area contributed by atoms with Crippen LogP contribution in [0.25, 0.3) is 0 Å². The molecule has 2 aliphatic heterocycles. The lowest BCUT2D eigenvalue weighted by atomic mass is 10.1. The number of pyridine rings is 1. The Labute approximate surface area is 138 Å². The van der Waals surface area contributed by atoms with Gasteiger partial charge in [-0.15, -0.1) is 0 Å². The van der Waals surface area contributed by atoms with Gasteiger partial charge in [-0.25, -0.2) is 0 Å². The van der Waals surface area contributed by atoms with Gasteiger partial charge in [0.2, 0.25) is 5.91 Å². The van der Waals surface area contributed by atoms with Gasteiger partial charge in [0.1, 0.15) is 0 Å². The lowest BCUT2D eigenvalue weighted by Gasteiger charge is -2.36. The molecular formula is C17H26N4O2. The highest BCUT2D eigenvalue weighted by Gasteiger charge is 2.21. The minimum Gasteiger partial charge on any atom is -0.379 e. The minimum atomic E-state index is 0.226. The van der Waals surface area contributed by atoms with Gasteiger partial charge in [0.05, 0.1) is 19.6 Å². The van der Waals surface area contributed by atoms with Crippen molar-refractivity contribution < 1.29 is 9.53 Å². The smallest absolute Gasteiger partial charge is 0.227 e. The molecule has 126 valence electrons. The maximum atomic E-state index is 12.3. The standard InChI is InChI=1S/C17H26N4O2/c22-17(15-16-1-3-18-4-2-16)21-9-7-19(8-10-21)5-6-20-11-13-23-14-12-20/h1-4H,5-15H2. The van der Waals surface area contributed by atoms with Gasteiger partial charge in [-0.1, -0.05) is 0 Å². The summed E-state index contributed by atoms with van der Waals surface area (Å²) in [6.07, 6.45) is 3.97. The fraction of sp³-hybridized carbons (Fsp3) is 0.647. The van der Waals surface area contributed by atoms with Gasteiger partial charge < -0.3 is 9.64 Å². The Morgan fingerprint density at radius 1 is 0.957 bits per heavy atom. The molecule has 1 aromatic heterocycles. The molecule has 0 saturated carbocycles. The van der Waals surface area contributed by atoms with Crippen molar-refractivity contribution in [3.63, 3.8) is 0 Å². The third kappa shape index (κ3) is 4.99. The number of rotatable bonds is 5. The molecule has 23 heavy (non-hydrogen) atoms. The van der Waals surface area contributed by atoms with Crippen molar-refractivity contribution in [1.29, 1.82) is 0 Å². The van der Waals surface area contributed by atoms with E-state index in [1.54, 1.807) is 12.4 Å². The van der Waals surface area contributed by atoms with Crippen molar-refractivity contribution in [3.05, 3.63) is 30.1 Å². The van der Waals surface area contributed by atoms with Gasteiger partial charge in [-0.3, -0.25) is 19.6 Å². The Morgan fingerprint density at radius 3 is 2.22 bits per heavy atom. The third-order valence-corrected chi connectivity index (χ3v) is 4.67. The van der Waals surface area contributed by atoms with Gasteiger partial charge in [0, 0.05) is 64.8 Å². The van der Waals surface area contributed by atoms with E-state index in [9.17, 15) is 4.79 Å². The van der Waals surface area contributed by atoms with Crippen molar-refractivity contribution in [3.8, 4) is 0 Å². The van der Waals surface area contributed by atoms with Crippen molar-refractivity contribution in [2.45, 2.75) is 6.42 Å². The lowest BCUT2D eigenvalue weighted by molar-refractivity contribution is -0.132. The van der Waals surface area contributed by atoms with E-state index in [2.05, 4.69) is 14.8 Å². The monoisotopic (exact) mass is 318 g/mol. The van der Waals surface area contributed by atoms with Gasteiger partial charge in [0.15, 0.2) is 0 Å². The second-order valence-corrected chi connectivity index (χ2v) is 6.21. The van der Waals surface area contributed by atoms with E-state index in [1.807, 2.05) is 17.0 Å². The number of amides is 1. The molecule has 0 spiro atoms. The molecule has 6 heteroatoms. The summed E-state index contributed by atoms with van der Waals surface area (Å²) in [6.45, 7) is 9.64. The fourth-order valence-electron chi connectivity index (χ4n) is 3.12. The first-order chi connectivity index (χ1) is 11.3. The summed E-state index contributed by atoms with van der Waals surface area (Å²) in [7, 11) is 0. The van der Waals surface area contributed by atoms with E-state index in [0.717, 1.165) is 71.1 Å². The average molecular weight is 318 g/mol. The molecule has 6 nitrogen and oxygen atoms in total. The molecular weight excluding hydrogens is 292 g/mol. The molecule has 0 aliphatic carbocycles. The summed E-state index contributed by atoms with van der Waals surface area (Å²) in [5.41, 5.74) is 1.04. The van der Waals surface area contributed by atoms with Gasteiger partial charge in [0.25, 0.3) is 0 Å². The van der Waals surface area contributed by atoms with Crippen LogP contribution in [0.3, 0.4) is 0 Å². The number of carbonyl (C=O) groups excluding carboxylic acids is 1. The second-order valence-electron chi connectivity index (χ2n) is 6.21. The van der Waals surface area contributed by atoms with E-state index in [0.29, 0.717) is 6.42 Å². The molecule has 0 atom stereocenters. The number of morpholine rings is 1. The molecule has 1 amide bonds. The molecule has 2 aliphatic rings. The van der Waals surface area contributed by atoms with E-state index < -0.39 is 0 Å². The SMILES string of the molecule is O=C(Cc1ccncc1)N1CCN(CCN2CCOCC2)CC1. The van der Waals surface area contributed by atoms with Gasteiger partial charge in [-0.2, -0.15) is 0 Å². The van der Waals surface area contributed by atoms with Crippen LogP contribution in [-0.4, -0.2) is 91.2 Å². The van der Waals surface area contributed by atoms with Crippen LogP contribution in [0.15, 0.2) is 24.5 Å². The van der Waals surface area contributed by atoms with Crippen LogP contribution >= 0.6 is 0 Å². The molecule has 3 heterocycles. The number of hydrogen-bond acceptors (Lipinski definition) is 5. The maximum absolute atomic E-state index is 12.3. The zero-order chi connectivity index (χ0) is 15.9. The molecule has 0 N–H and O–H groups in total. The first-order valence-electron chi connectivity index (χ1n) is 8.50. The molecule has 0 radical (unpaired) electrons. The Morgan fingerprint density at radius 2 is 1.57 bits per heavy atom. The zero-order valence-electron chi connectivity index (χ0n) is 13.7. The predicted molar refractivity (Wildman–Crippen MR) is 88.2 cm³/mol. The van der Waals surface area contributed by atoms with Crippen molar-refractivity contribution in [2.75, 3.05) is 65.6 Å². The molecule has 0 bridgehead atoms. The summed E-state index contributed by atoms with van der Waals surface area (Å²) in [5, 5.41) is 0. The Hall–Kier alpha value is -1.50. The van der Waals surface area contributed by atoms with Crippen LogP contribution < -0.4 is 0 Å². The number of nitrogens with zero attached hydrogens (tertiary/aromatic N) is 4. The predicted octanol–water partition coefficient (Wildman–Crippen LogP) is 0.101. The van der Waals surface area contributed by atoms with Crippen molar-refractivity contribution >= 4 is 5.91 Å². The highest BCUT2D eigenvalue weighted by molar-refractivity contribution is 5.78. The molecule has 3 rings (SSSR count). The van der Waals surface area contributed by atoms with Crippen LogP contribution in [0, 0.1) is 0 Å². The Kier molecular flexibility index (Phi) is 5.96. The summed E-state index contributed by atoms with van der Waals surface area (Å²) in [4.78, 5) is 23.3.